The summed E-state index contributed by atoms with van der Waals surface area (Å²) in [4.78, 5) is -0.442. The van der Waals surface area contributed by atoms with E-state index in [9.17, 15) is 51.9 Å². The van der Waals surface area contributed by atoms with E-state index < -0.39 is 60.1 Å². The minimum Gasteiger partial charge on any atom is -0.744 e. The third-order valence-electron chi connectivity index (χ3n) is 8.71. The maximum Gasteiger partial charge on any atom is 1.00 e. The molecule has 0 saturated carbocycles. The van der Waals surface area contributed by atoms with Crippen LogP contribution < -0.4 is 118 Å². The molecule has 284 valence electrons. The van der Waals surface area contributed by atoms with E-state index in [1.165, 1.54) is 72.8 Å². The standard InChI is InChI=1S/C34H22N6O12S4.4Na/c41-53(42,43)29-5-1-3-25-23(29)13-15-27-33(25)37-39(35-27)21-11-9-19(31(17-21)55(47,48)49)7-8-20-10-12-22(18-32(20)56(50,51)52)40-36-28-16-14-24-26(34(28)38-40)4-2-6-30(24)54(44,45)46;;;;/h1-18H,(H,41,42,43)(H,44,45,46)(H,47,48,49)(H,50,51,52);;;;/q;4*+1/p-4/b8-7+;;;;. The van der Waals surface area contributed by atoms with Gasteiger partial charge in [-0.3, -0.25) is 0 Å². The quantitative estimate of drug-likeness (QED) is 0.0777. The average molecular weight is 923 g/mol. The molecule has 0 aliphatic carbocycles. The summed E-state index contributed by atoms with van der Waals surface area (Å²) in [5.74, 6) is 0. The van der Waals surface area contributed by atoms with Crippen LogP contribution in [0.25, 0.3) is 67.1 Å². The molecule has 18 nitrogen and oxygen atoms in total. The van der Waals surface area contributed by atoms with Gasteiger partial charge in [-0.25, -0.2) is 33.7 Å². The summed E-state index contributed by atoms with van der Waals surface area (Å²) in [6.07, 6.45) is 2.22. The van der Waals surface area contributed by atoms with Gasteiger partial charge >= 0.3 is 118 Å². The van der Waals surface area contributed by atoms with Gasteiger partial charge < -0.3 is 18.2 Å². The monoisotopic (exact) mass is 922 g/mol. The predicted molar refractivity (Wildman–Crippen MR) is 194 cm³/mol. The van der Waals surface area contributed by atoms with Crippen molar-refractivity contribution in [1.29, 1.82) is 0 Å². The van der Waals surface area contributed by atoms with Gasteiger partial charge in [0, 0.05) is 21.5 Å². The van der Waals surface area contributed by atoms with E-state index >= 15 is 0 Å². The molecular formula is C34H18N6Na4O12S4. The minimum atomic E-state index is -5.20. The summed E-state index contributed by atoms with van der Waals surface area (Å²) in [5, 5.41) is 18.0. The van der Waals surface area contributed by atoms with Crippen molar-refractivity contribution in [2.45, 2.75) is 19.6 Å². The van der Waals surface area contributed by atoms with Crippen molar-refractivity contribution in [3.05, 3.63) is 108 Å². The van der Waals surface area contributed by atoms with Crippen LogP contribution in [-0.4, -0.2) is 81.9 Å². The normalized spacial score (nSPS) is 12.3. The van der Waals surface area contributed by atoms with Crippen LogP contribution in [0.2, 0.25) is 0 Å². The van der Waals surface area contributed by atoms with Gasteiger partial charge in [0.15, 0.2) is 0 Å². The molecule has 6 aromatic carbocycles. The van der Waals surface area contributed by atoms with Crippen LogP contribution in [0.15, 0.2) is 117 Å². The van der Waals surface area contributed by atoms with Crippen LogP contribution in [0.3, 0.4) is 0 Å². The number of benzene rings is 6. The first-order chi connectivity index (χ1) is 26.3. The van der Waals surface area contributed by atoms with Gasteiger partial charge in [-0.05, 0) is 59.7 Å². The van der Waals surface area contributed by atoms with Crippen LogP contribution >= 0.6 is 0 Å². The smallest absolute Gasteiger partial charge is 0.744 e. The largest absolute Gasteiger partial charge is 1.00 e. The fraction of sp³-hybridized carbons (Fsp3) is 0. The molecule has 0 aliphatic heterocycles. The Morgan fingerprint density at radius 2 is 0.750 bits per heavy atom. The maximum absolute atomic E-state index is 12.4. The first kappa shape index (κ1) is 50.7. The van der Waals surface area contributed by atoms with Crippen molar-refractivity contribution < 1.29 is 170 Å². The molecule has 0 unspecified atom stereocenters. The Kier molecular flexibility index (Phi) is 15.7. The number of rotatable bonds is 8. The molecule has 60 heavy (non-hydrogen) atoms. The molecule has 0 bridgehead atoms. The second-order valence-electron chi connectivity index (χ2n) is 12.1. The molecule has 0 saturated heterocycles. The van der Waals surface area contributed by atoms with E-state index in [4.69, 9.17) is 0 Å². The van der Waals surface area contributed by atoms with Gasteiger partial charge in [0.2, 0.25) is 0 Å². The van der Waals surface area contributed by atoms with Crippen molar-refractivity contribution in [2.24, 2.45) is 0 Å². The molecule has 0 amide bonds. The number of nitrogens with zero attached hydrogens (tertiary/aromatic N) is 6. The maximum atomic E-state index is 12.4. The van der Waals surface area contributed by atoms with E-state index in [1.54, 1.807) is 0 Å². The van der Waals surface area contributed by atoms with E-state index in [-0.39, 0.29) is 184 Å². The molecule has 2 heterocycles. The van der Waals surface area contributed by atoms with E-state index in [0.717, 1.165) is 46.0 Å². The molecule has 0 fully saturated rings. The number of aromatic nitrogens is 6. The number of hydrogen-bond donors (Lipinski definition) is 0. The molecule has 26 heteroatoms. The average Bonchev–Trinajstić information content (AvgIpc) is 3.77. The van der Waals surface area contributed by atoms with Crippen molar-refractivity contribution in [2.75, 3.05) is 0 Å². The summed E-state index contributed by atoms with van der Waals surface area (Å²) in [6, 6.07) is 20.7. The third-order valence-corrected chi connectivity index (χ3v) is 12.3. The molecule has 0 spiro atoms. The van der Waals surface area contributed by atoms with Crippen molar-refractivity contribution in [1.82, 2.24) is 30.0 Å². The summed E-state index contributed by atoms with van der Waals surface area (Å²) in [7, 11) is -20.1. The topological polar surface area (TPSA) is 290 Å². The molecule has 2 aromatic heterocycles. The summed E-state index contributed by atoms with van der Waals surface area (Å²) >= 11 is 0. The van der Waals surface area contributed by atoms with Gasteiger partial charge in [0.25, 0.3) is 0 Å². The van der Waals surface area contributed by atoms with Crippen LogP contribution in [0.1, 0.15) is 11.1 Å². The molecule has 0 radical (unpaired) electrons. The van der Waals surface area contributed by atoms with Crippen LogP contribution in [0.4, 0.5) is 0 Å². The van der Waals surface area contributed by atoms with Crippen molar-refractivity contribution in [3.63, 3.8) is 0 Å². The second-order valence-corrected chi connectivity index (χ2v) is 17.5. The van der Waals surface area contributed by atoms with Gasteiger partial charge in [-0.2, -0.15) is 9.59 Å². The van der Waals surface area contributed by atoms with Gasteiger partial charge in [-0.15, -0.1) is 20.4 Å². The predicted octanol–water partition coefficient (Wildman–Crippen LogP) is -8.74. The zero-order chi connectivity index (χ0) is 39.9. The third kappa shape index (κ3) is 9.88. The Balaban J connectivity index is 0.00000198. The van der Waals surface area contributed by atoms with E-state index in [1.807, 2.05) is 0 Å². The summed E-state index contributed by atoms with van der Waals surface area (Å²) in [6.45, 7) is 0. The fourth-order valence-corrected chi connectivity index (χ4v) is 9.03. The van der Waals surface area contributed by atoms with Crippen LogP contribution in [0.5, 0.6) is 0 Å². The van der Waals surface area contributed by atoms with Crippen LogP contribution in [-0.2, 0) is 40.5 Å². The summed E-state index contributed by atoms with van der Waals surface area (Å²) < 4.78 is 145. The molecule has 8 aromatic rings. The molecule has 0 atom stereocenters. The van der Waals surface area contributed by atoms with E-state index in [2.05, 4.69) is 20.4 Å². The van der Waals surface area contributed by atoms with Crippen molar-refractivity contribution in [3.8, 4) is 11.4 Å². The first-order valence-corrected chi connectivity index (χ1v) is 21.3. The Morgan fingerprint density at radius 1 is 0.400 bits per heavy atom. The van der Waals surface area contributed by atoms with Crippen LogP contribution in [0, 0.1) is 0 Å². The minimum absolute atomic E-state index is 0. The Morgan fingerprint density at radius 3 is 1.08 bits per heavy atom. The Hall–Kier alpha value is -1.98. The number of fused-ring (bicyclic) bond motifs is 6. The fourth-order valence-electron chi connectivity index (χ4n) is 6.26. The number of hydrogen-bond acceptors (Lipinski definition) is 16. The zero-order valence-electron chi connectivity index (χ0n) is 31.6. The Bertz CT molecular complexity index is 3280. The molecule has 8 rings (SSSR count). The molecular weight excluding hydrogens is 905 g/mol. The van der Waals surface area contributed by atoms with Gasteiger partial charge in [0.1, 0.15) is 62.5 Å². The molecule has 0 N–H and O–H groups in total. The van der Waals surface area contributed by atoms with Crippen molar-refractivity contribution >= 4 is 96.2 Å². The zero-order valence-corrected chi connectivity index (χ0v) is 42.9. The molecule has 0 aliphatic rings. The van der Waals surface area contributed by atoms with Gasteiger partial charge in [0.05, 0.1) is 31.0 Å². The second kappa shape index (κ2) is 18.6. The van der Waals surface area contributed by atoms with Gasteiger partial charge in [-0.1, -0.05) is 60.7 Å². The summed E-state index contributed by atoms with van der Waals surface area (Å²) in [5.41, 5.74) is 0.458. The SMILES string of the molecule is O=S(=O)([O-])c1cc(-n2nc3ccc4c(S(=O)(=O)[O-])cccc4c3n2)ccc1/C=C/c1ccc(-n2nc3ccc4c(S(=O)(=O)[O-])cccc4c3n2)cc1S(=O)(=O)[O-].[Na+].[Na+].[Na+].[Na+]. The van der Waals surface area contributed by atoms with E-state index in [0.29, 0.717) is 0 Å². The Labute approximate surface area is 429 Å². The first-order valence-electron chi connectivity index (χ1n) is 15.7.